The minimum atomic E-state index is -0.860. The molecule has 3 N–H and O–H groups in total. The van der Waals surface area contributed by atoms with Crippen molar-refractivity contribution in [1.82, 2.24) is 14.7 Å². The Morgan fingerprint density at radius 3 is 2.71 bits per heavy atom. The molecule has 1 atom stereocenters. The van der Waals surface area contributed by atoms with Crippen LogP contribution in [0.4, 0.5) is 16.3 Å². The molecule has 21 heavy (non-hydrogen) atoms. The molecule has 7 heteroatoms. The van der Waals surface area contributed by atoms with E-state index in [2.05, 4.69) is 10.00 Å². The van der Waals surface area contributed by atoms with Crippen LogP contribution in [0.3, 0.4) is 0 Å². The third-order valence-corrected chi connectivity index (χ3v) is 4.00. The van der Waals surface area contributed by atoms with Gasteiger partial charge in [0.1, 0.15) is 5.82 Å². The van der Waals surface area contributed by atoms with E-state index in [1.54, 1.807) is 10.9 Å². The van der Waals surface area contributed by atoms with Crippen molar-refractivity contribution in [2.75, 3.05) is 30.3 Å². The Morgan fingerprint density at radius 1 is 1.57 bits per heavy atom. The molecule has 0 saturated carbocycles. The molecule has 0 spiro atoms. The van der Waals surface area contributed by atoms with Crippen LogP contribution < -0.4 is 10.6 Å². The fraction of sp³-hybridized carbons (Fsp3) is 0.714. The topological polar surface area (TPSA) is 87.6 Å². The predicted octanol–water partition coefficient (Wildman–Crippen LogP) is 1.61. The summed E-state index contributed by atoms with van der Waals surface area (Å²) in [7, 11) is 1.87. The van der Waals surface area contributed by atoms with E-state index in [0.717, 1.165) is 25.3 Å². The van der Waals surface area contributed by atoms with Crippen LogP contribution in [0, 0.1) is 5.92 Å². The number of anilines is 2. The second-order valence-electron chi connectivity index (χ2n) is 6.71. The summed E-state index contributed by atoms with van der Waals surface area (Å²) in [6, 6.07) is 0. The van der Waals surface area contributed by atoms with Crippen molar-refractivity contribution in [2.24, 2.45) is 13.0 Å². The molecule has 2 heterocycles. The second-order valence-corrected chi connectivity index (χ2v) is 6.71. The molecule has 0 unspecified atom stereocenters. The molecular weight excluding hydrogens is 270 g/mol. The Hall–Kier alpha value is -1.92. The van der Waals surface area contributed by atoms with E-state index in [0.29, 0.717) is 18.2 Å². The van der Waals surface area contributed by atoms with Gasteiger partial charge in [0.05, 0.1) is 11.9 Å². The Kier molecular flexibility index (Phi) is 4.02. The summed E-state index contributed by atoms with van der Waals surface area (Å²) < 4.78 is 1.77. The first kappa shape index (κ1) is 15.5. The largest absolute Gasteiger partial charge is 0.465 e. The Labute approximate surface area is 125 Å². The highest BCUT2D eigenvalue weighted by molar-refractivity contribution is 5.66. The van der Waals surface area contributed by atoms with Crippen LogP contribution >= 0.6 is 0 Å². The lowest BCUT2D eigenvalue weighted by molar-refractivity contribution is 0.0908. The van der Waals surface area contributed by atoms with Gasteiger partial charge in [0.15, 0.2) is 0 Å². The van der Waals surface area contributed by atoms with Gasteiger partial charge in [-0.3, -0.25) is 4.68 Å². The Bertz CT molecular complexity index is 500. The molecule has 1 aromatic rings. The van der Waals surface area contributed by atoms with E-state index in [-0.39, 0.29) is 5.54 Å². The maximum atomic E-state index is 11.4. The molecule has 0 aliphatic carbocycles. The number of carbonyl (C=O) groups is 1. The SMILES string of the molecule is Cn1ncc(N)c1N1CC[C@@H](CN(C(=O)O)C(C)(C)C)C1. The van der Waals surface area contributed by atoms with E-state index in [9.17, 15) is 9.90 Å². The molecule has 0 aromatic carbocycles. The molecule has 1 aliphatic heterocycles. The number of hydrogen-bond donors (Lipinski definition) is 2. The molecular formula is C14H25N5O2. The van der Waals surface area contributed by atoms with Crippen LogP contribution in [-0.2, 0) is 7.05 Å². The summed E-state index contributed by atoms with van der Waals surface area (Å²) in [4.78, 5) is 15.1. The molecule has 118 valence electrons. The van der Waals surface area contributed by atoms with Crippen molar-refractivity contribution < 1.29 is 9.90 Å². The maximum absolute atomic E-state index is 11.4. The minimum Gasteiger partial charge on any atom is -0.465 e. The summed E-state index contributed by atoms with van der Waals surface area (Å²) in [5.74, 6) is 1.24. The van der Waals surface area contributed by atoms with Crippen LogP contribution in [0.15, 0.2) is 6.20 Å². The quantitative estimate of drug-likeness (QED) is 0.884. The fourth-order valence-electron chi connectivity index (χ4n) is 2.91. The standard InChI is InChI=1S/C14H25N5O2/c1-14(2,3)19(13(20)21)9-10-5-6-18(8-10)12-11(15)7-16-17(12)4/h7,10H,5-6,8-9,15H2,1-4H3,(H,20,21)/t10-/m1/s1. The Morgan fingerprint density at radius 2 is 2.24 bits per heavy atom. The first-order valence-electron chi connectivity index (χ1n) is 7.23. The number of hydrogen-bond acceptors (Lipinski definition) is 4. The number of nitrogen functional groups attached to an aromatic ring is 1. The lowest BCUT2D eigenvalue weighted by Gasteiger charge is -2.35. The van der Waals surface area contributed by atoms with Gasteiger partial charge in [0.2, 0.25) is 0 Å². The third kappa shape index (κ3) is 3.22. The normalized spacial score (nSPS) is 19.0. The molecule has 1 amide bonds. The van der Waals surface area contributed by atoms with Gasteiger partial charge >= 0.3 is 6.09 Å². The van der Waals surface area contributed by atoms with Crippen LogP contribution in [0.25, 0.3) is 0 Å². The van der Waals surface area contributed by atoms with Gasteiger partial charge in [0.25, 0.3) is 0 Å². The fourth-order valence-corrected chi connectivity index (χ4v) is 2.91. The first-order chi connectivity index (χ1) is 9.70. The molecule has 1 fully saturated rings. The summed E-state index contributed by atoms with van der Waals surface area (Å²) in [6.07, 6.45) is 1.76. The Balaban J connectivity index is 2.04. The van der Waals surface area contributed by atoms with Crippen molar-refractivity contribution in [2.45, 2.75) is 32.7 Å². The number of nitrogens with two attached hydrogens (primary N) is 1. The summed E-state index contributed by atoms with van der Waals surface area (Å²) in [5.41, 5.74) is 6.24. The lowest BCUT2D eigenvalue weighted by atomic mass is 10.0. The monoisotopic (exact) mass is 295 g/mol. The number of carboxylic acid groups (broad SMARTS) is 1. The zero-order chi connectivity index (χ0) is 15.8. The number of rotatable bonds is 3. The molecule has 0 bridgehead atoms. The van der Waals surface area contributed by atoms with Gasteiger partial charge in [-0.05, 0) is 33.1 Å². The molecule has 7 nitrogen and oxygen atoms in total. The van der Waals surface area contributed by atoms with Gasteiger partial charge in [-0.2, -0.15) is 5.10 Å². The summed E-state index contributed by atoms with van der Waals surface area (Å²) in [6.45, 7) is 8.01. The zero-order valence-electron chi connectivity index (χ0n) is 13.2. The van der Waals surface area contributed by atoms with Gasteiger partial charge < -0.3 is 20.6 Å². The molecule has 1 aliphatic rings. The van der Waals surface area contributed by atoms with Gasteiger partial charge in [-0.15, -0.1) is 0 Å². The molecule has 1 aromatic heterocycles. The van der Waals surface area contributed by atoms with Crippen LogP contribution in [-0.4, -0.2) is 51.1 Å². The van der Waals surface area contributed by atoms with E-state index in [1.807, 2.05) is 27.8 Å². The van der Waals surface area contributed by atoms with Crippen LogP contribution in [0.1, 0.15) is 27.2 Å². The van der Waals surface area contributed by atoms with Crippen molar-refractivity contribution in [3.8, 4) is 0 Å². The molecule has 0 radical (unpaired) electrons. The summed E-state index contributed by atoms with van der Waals surface area (Å²) in [5, 5.41) is 13.5. The minimum absolute atomic E-state index is 0.314. The van der Waals surface area contributed by atoms with Gasteiger partial charge in [-0.25, -0.2) is 4.79 Å². The van der Waals surface area contributed by atoms with Crippen LogP contribution in [0.2, 0.25) is 0 Å². The smallest absolute Gasteiger partial charge is 0.407 e. The predicted molar refractivity (Wildman–Crippen MR) is 82.4 cm³/mol. The number of aromatic nitrogens is 2. The van der Waals surface area contributed by atoms with Crippen molar-refractivity contribution in [3.63, 3.8) is 0 Å². The number of nitrogens with zero attached hydrogens (tertiary/aromatic N) is 4. The van der Waals surface area contributed by atoms with E-state index in [1.165, 1.54) is 4.90 Å². The van der Waals surface area contributed by atoms with E-state index in [4.69, 9.17) is 5.73 Å². The molecule has 1 saturated heterocycles. The highest BCUT2D eigenvalue weighted by Crippen LogP contribution is 2.29. The van der Waals surface area contributed by atoms with Crippen LogP contribution in [0.5, 0.6) is 0 Å². The summed E-state index contributed by atoms with van der Waals surface area (Å²) >= 11 is 0. The zero-order valence-corrected chi connectivity index (χ0v) is 13.2. The van der Waals surface area contributed by atoms with Crippen molar-refractivity contribution in [3.05, 3.63) is 6.20 Å². The van der Waals surface area contributed by atoms with Gasteiger partial charge in [-0.1, -0.05) is 0 Å². The highest BCUT2D eigenvalue weighted by Gasteiger charge is 2.33. The number of aryl methyl sites for hydroxylation is 1. The third-order valence-electron chi connectivity index (χ3n) is 4.00. The van der Waals surface area contributed by atoms with E-state index >= 15 is 0 Å². The average Bonchev–Trinajstić information content (AvgIpc) is 2.91. The van der Waals surface area contributed by atoms with Crippen molar-refractivity contribution in [1.29, 1.82) is 0 Å². The lowest BCUT2D eigenvalue weighted by Crippen LogP contribution is -2.47. The first-order valence-corrected chi connectivity index (χ1v) is 7.23. The second kappa shape index (κ2) is 5.46. The number of amides is 1. The van der Waals surface area contributed by atoms with E-state index < -0.39 is 6.09 Å². The van der Waals surface area contributed by atoms with Crippen molar-refractivity contribution >= 4 is 17.6 Å². The average molecular weight is 295 g/mol. The van der Waals surface area contributed by atoms with Gasteiger partial charge in [0, 0.05) is 32.2 Å². The maximum Gasteiger partial charge on any atom is 0.407 e. The highest BCUT2D eigenvalue weighted by atomic mass is 16.4. The molecule has 2 rings (SSSR count).